The summed E-state index contributed by atoms with van der Waals surface area (Å²) >= 11 is 0. The molecule has 9 nitrogen and oxygen atoms in total. The second kappa shape index (κ2) is 20.6. The Bertz CT molecular complexity index is 1970. The van der Waals surface area contributed by atoms with Gasteiger partial charge in [-0.1, -0.05) is 51.5 Å². The Labute approximate surface area is 319 Å². The zero-order valence-corrected chi connectivity index (χ0v) is 32.2. The van der Waals surface area contributed by atoms with Crippen molar-refractivity contribution in [1.29, 1.82) is 0 Å². The third kappa shape index (κ3) is 11.1. The van der Waals surface area contributed by atoms with Gasteiger partial charge >= 0.3 is 0 Å². The number of aliphatic hydroxyl groups is 1. The van der Waals surface area contributed by atoms with Gasteiger partial charge in [-0.15, -0.1) is 12.1 Å². The Morgan fingerprint density at radius 1 is 0.811 bits per heavy atom. The standard InChI is InChI=1S/2C13H13FN2O2.C11H6F2N.C2H6.Ir/c2*1-3-11(17)12-8(2)15-16(13(12)18)10-6-4-9(14)5-7-10;12-8-4-5-9(10(13)7-8)11-3-1-2-6-14-11;1-2;/h4-7,17H,3H2,1-2H3;4-7,12H,3H2,1-2H3;1-4,6-7H;1-2H3;/q;;-1;;. The van der Waals surface area contributed by atoms with Crippen molar-refractivity contribution >= 4 is 40.4 Å². The summed E-state index contributed by atoms with van der Waals surface area (Å²) in [6.07, 6.45) is 2.21. The van der Waals surface area contributed by atoms with E-state index in [2.05, 4.69) is 21.3 Å². The Morgan fingerprint density at radius 3 is 1.87 bits per heavy atom. The van der Waals surface area contributed by atoms with Gasteiger partial charge in [-0.25, -0.2) is 8.78 Å². The van der Waals surface area contributed by atoms with Crippen LogP contribution in [-0.2, 0) is 34.5 Å². The second-order valence-electron chi connectivity index (χ2n) is 10.8. The number of pyridine rings is 1. The average Bonchev–Trinajstić information content (AvgIpc) is 3.62. The van der Waals surface area contributed by atoms with E-state index in [1.165, 1.54) is 48.5 Å². The fourth-order valence-corrected chi connectivity index (χ4v) is 4.83. The molecule has 0 saturated carbocycles. The first-order valence-corrected chi connectivity index (χ1v) is 16.4. The number of carbonyl (C=O) groups is 3. The van der Waals surface area contributed by atoms with Crippen LogP contribution in [0.15, 0.2) is 107 Å². The number of hydrogen-bond acceptors (Lipinski definition) is 7. The summed E-state index contributed by atoms with van der Waals surface area (Å²) < 4.78 is 51.4. The van der Waals surface area contributed by atoms with Crippen molar-refractivity contribution in [2.24, 2.45) is 16.1 Å². The number of amides is 2. The molecule has 1 atom stereocenters. The Morgan fingerprint density at radius 2 is 1.38 bits per heavy atom. The molecule has 0 bridgehead atoms. The number of rotatable bonds is 6. The maximum Gasteiger partial charge on any atom is 0.284 e. The van der Waals surface area contributed by atoms with E-state index in [9.17, 15) is 37.1 Å². The molecule has 53 heavy (non-hydrogen) atoms. The number of allylic oxidation sites excluding steroid dienone is 1. The van der Waals surface area contributed by atoms with E-state index in [-0.39, 0.29) is 60.3 Å². The first-order chi connectivity index (χ1) is 24.9. The molecular weight excluding hydrogens is 871 g/mol. The van der Waals surface area contributed by atoms with Gasteiger partial charge in [0.2, 0.25) is 0 Å². The van der Waals surface area contributed by atoms with Crippen LogP contribution in [-0.4, -0.2) is 39.1 Å². The molecule has 1 aromatic heterocycles. The number of carbonyl (C=O) groups excluding carboxylic acids is 3. The van der Waals surface area contributed by atoms with Crippen LogP contribution in [0.4, 0.5) is 28.9 Å². The number of nitrogens with zero attached hydrogens (tertiary/aromatic N) is 5. The van der Waals surface area contributed by atoms with Gasteiger partial charge in [-0.3, -0.25) is 23.2 Å². The molecular formula is C39H38F4IrN5O4-. The number of Topliss-reactive ketones (excluding diaryl/α,β-unsaturated/α-hetero) is 1. The van der Waals surface area contributed by atoms with Gasteiger partial charge < -0.3 is 10.1 Å². The fourth-order valence-electron chi connectivity index (χ4n) is 4.83. The minimum atomic E-state index is -0.792. The van der Waals surface area contributed by atoms with Crippen LogP contribution in [0.2, 0.25) is 0 Å². The van der Waals surface area contributed by atoms with Gasteiger partial charge in [0.15, 0.2) is 5.78 Å². The van der Waals surface area contributed by atoms with E-state index < -0.39 is 23.5 Å². The molecule has 6 rings (SSSR count). The third-order valence-electron chi connectivity index (χ3n) is 7.36. The smallest absolute Gasteiger partial charge is 0.284 e. The van der Waals surface area contributed by atoms with E-state index >= 15 is 0 Å². The molecule has 4 aromatic rings. The zero-order chi connectivity index (χ0) is 38.5. The van der Waals surface area contributed by atoms with Crippen molar-refractivity contribution in [2.45, 2.75) is 54.4 Å². The number of benzene rings is 3. The number of hydrazone groups is 2. The Hall–Kier alpha value is -5.33. The van der Waals surface area contributed by atoms with Crippen LogP contribution in [0.1, 0.15) is 54.4 Å². The number of halogens is 4. The molecule has 0 saturated heterocycles. The molecule has 0 fully saturated rings. The van der Waals surface area contributed by atoms with Gasteiger partial charge in [-0.2, -0.15) is 20.2 Å². The monoisotopic (exact) mass is 909 g/mol. The van der Waals surface area contributed by atoms with Gasteiger partial charge in [0.05, 0.1) is 22.8 Å². The van der Waals surface area contributed by atoms with Crippen molar-refractivity contribution in [3.8, 4) is 11.3 Å². The van der Waals surface area contributed by atoms with Gasteiger partial charge in [0.1, 0.15) is 28.9 Å². The van der Waals surface area contributed by atoms with Gasteiger partial charge in [-0.05, 0) is 74.1 Å². The molecule has 2 aliphatic rings. The number of aromatic nitrogens is 1. The summed E-state index contributed by atoms with van der Waals surface area (Å²) in [4.78, 5) is 39.8. The van der Waals surface area contributed by atoms with Gasteiger partial charge in [0, 0.05) is 50.8 Å². The number of anilines is 2. The molecule has 1 unspecified atom stereocenters. The van der Waals surface area contributed by atoms with Crippen molar-refractivity contribution in [2.75, 3.05) is 10.0 Å². The summed E-state index contributed by atoms with van der Waals surface area (Å²) in [5, 5.41) is 20.2. The molecule has 0 spiro atoms. The predicted octanol–water partition coefficient (Wildman–Crippen LogP) is 8.76. The minimum absolute atomic E-state index is 0. The maximum atomic E-state index is 13.2. The largest absolute Gasteiger partial charge is 0.511 e. The SMILES string of the molecule is CC.CCC(=O)C1C(=O)N(c2ccc(F)cc2)N=C1C.CCC(O)=C1C(=O)N(c2ccc(F)cc2)N=C1C.Fc1c[c-]c(-c2ccccn2)c(F)c1.[Ir]. The predicted molar refractivity (Wildman–Crippen MR) is 192 cm³/mol. The topological polar surface area (TPSA) is 116 Å². The van der Waals surface area contributed by atoms with Crippen LogP contribution >= 0.6 is 0 Å². The first kappa shape index (κ1) is 43.8. The van der Waals surface area contributed by atoms with E-state index in [1.54, 1.807) is 52.1 Å². The quantitative estimate of drug-likeness (QED) is 0.0684. The van der Waals surface area contributed by atoms with E-state index in [0.717, 1.165) is 22.2 Å². The van der Waals surface area contributed by atoms with Crippen LogP contribution in [0, 0.1) is 35.3 Å². The van der Waals surface area contributed by atoms with Crippen LogP contribution < -0.4 is 10.0 Å². The summed E-state index contributed by atoms with van der Waals surface area (Å²) in [5.74, 6) is -3.72. The van der Waals surface area contributed by atoms with Gasteiger partial charge in [0.25, 0.3) is 11.8 Å². The molecule has 2 aliphatic heterocycles. The van der Waals surface area contributed by atoms with Crippen molar-refractivity contribution in [1.82, 2.24) is 4.98 Å². The molecule has 1 radical (unpaired) electrons. The van der Waals surface area contributed by atoms with Crippen LogP contribution in [0.5, 0.6) is 0 Å². The van der Waals surface area contributed by atoms with Crippen molar-refractivity contribution < 1.29 is 57.2 Å². The normalized spacial score (nSPS) is 15.4. The molecule has 1 N–H and O–H groups in total. The molecule has 3 aromatic carbocycles. The maximum absolute atomic E-state index is 13.2. The number of ketones is 1. The molecule has 281 valence electrons. The Balaban J connectivity index is 0.000000268. The number of hydrogen-bond donors (Lipinski definition) is 1. The van der Waals surface area contributed by atoms with Crippen molar-refractivity contribution in [3.63, 3.8) is 0 Å². The average molecular weight is 909 g/mol. The summed E-state index contributed by atoms with van der Waals surface area (Å²) in [6, 6.07) is 20.4. The van der Waals surface area contributed by atoms with Crippen molar-refractivity contribution in [3.05, 3.63) is 126 Å². The number of aliphatic hydroxyl groups excluding tert-OH is 1. The molecule has 2 amide bonds. The molecule has 3 heterocycles. The first-order valence-electron chi connectivity index (χ1n) is 16.4. The second-order valence-corrected chi connectivity index (χ2v) is 10.8. The molecule has 0 aliphatic carbocycles. The summed E-state index contributed by atoms with van der Waals surface area (Å²) in [6.45, 7) is 10.8. The van der Waals surface area contributed by atoms with Crippen LogP contribution in [0.3, 0.4) is 0 Å². The summed E-state index contributed by atoms with van der Waals surface area (Å²) in [5.41, 5.74) is 2.74. The third-order valence-corrected chi connectivity index (χ3v) is 7.36. The minimum Gasteiger partial charge on any atom is -0.511 e. The summed E-state index contributed by atoms with van der Waals surface area (Å²) in [7, 11) is 0. The van der Waals surface area contributed by atoms with Crippen LogP contribution in [0.25, 0.3) is 11.3 Å². The van der Waals surface area contributed by atoms with E-state index in [4.69, 9.17) is 0 Å². The molecule has 14 heteroatoms. The van der Waals surface area contributed by atoms with E-state index in [1.807, 2.05) is 13.8 Å². The van der Waals surface area contributed by atoms with E-state index in [0.29, 0.717) is 41.3 Å². The Kier molecular flexibility index (Phi) is 17.1. The fraction of sp³-hybridized carbons (Fsp3) is 0.231. The zero-order valence-electron chi connectivity index (χ0n) is 29.8.